The maximum atomic E-state index is 11.2. The number of carbonyl (C=O) groups is 1. The number of hydrogen-bond acceptors (Lipinski definition) is 3. The Labute approximate surface area is 99.6 Å². The molecule has 5 heteroatoms. The Kier molecular flexibility index (Phi) is 3.61. The summed E-state index contributed by atoms with van der Waals surface area (Å²) in [4.78, 5) is 12.4. The molecule has 2 rings (SSSR count). The largest absolute Gasteiger partial charge is 0.465 e. The molecule has 0 saturated carbocycles. The number of benzene rings is 1. The molecule has 0 aliphatic carbocycles. The summed E-state index contributed by atoms with van der Waals surface area (Å²) in [7, 11) is 0. The molecule has 1 aliphatic heterocycles. The molecule has 17 heavy (non-hydrogen) atoms. The van der Waals surface area contributed by atoms with Crippen molar-refractivity contribution in [3.63, 3.8) is 0 Å². The average Bonchev–Trinajstić information content (AvgIpc) is 2.73. The third-order valence-corrected chi connectivity index (χ3v) is 2.53. The first-order chi connectivity index (χ1) is 8.16. The molecule has 1 saturated heterocycles. The first-order valence-electron chi connectivity index (χ1n) is 5.49. The molecule has 1 heterocycles. The van der Waals surface area contributed by atoms with Crippen LogP contribution in [0.15, 0.2) is 30.3 Å². The summed E-state index contributed by atoms with van der Waals surface area (Å²) in [6.45, 7) is 2.59. The highest BCUT2D eigenvalue weighted by Crippen LogP contribution is 2.18. The number of ether oxygens (including phenoxy) is 2. The zero-order chi connectivity index (χ0) is 12.3. The van der Waals surface area contributed by atoms with E-state index in [0.717, 1.165) is 0 Å². The zero-order valence-corrected chi connectivity index (χ0v) is 9.57. The van der Waals surface area contributed by atoms with Crippen molar-refractivity contribution in [2.24, 2.45) is 0 Å². The maximum Gasteiger partial charge on any atom is 0.411 e. The van der Waals surface area contributed by atoms with Crippen LogP contribution in [0.25, 0.3) is 0 Å². The predicted octanol–water partition coefficient (Wildman–Crippen LogP) is 1.93. The maximum absolute atomic E-state index is 11.2. The van der Waals surface area contributed by atoms with E-state index >= 15 is 0 Å². The van der Waals surface area contributed by atoms with E-state index in [1.165, 1.54) is 4.90 Å². The van der Waals surface area contributed by atoms with Gasteiger partial charge in [0.1, 0.15) is 0 Å². The molecule has 0 spiro atoms. The van der Waals surface area contributed by atoms with Crippen molar-refractivity contribution in [2.45, 2.75) is 19.3 Å². The number of anilines is 1. The molecule has 2 unspecified atom stereocenters. The smallest absolute Gasteiger partial charge is 0.411 e. The Morgan fingerprint density at radius 1 is 1.47 bits per heavy atom. The van der Waals surface area contributed by atoms with Crippen LogP contribution in [-0.2, 0) is 9.47 Å². The Bertz CT molecular complexity index is 381. The molecule has 1 fully saturated rings. The molecule has 0 bridgehead atoms. The van der Waals surface area contributed by atoms with E-state index < -0.39 is 12.4 Å². The second kappa shape index (κ2) is 5.16. The quantitative estimate of drug-likeness (QED) is 0.872. The predicted molar refractivity (Wildman–Crippen MR) is 62.1 cm³/mol. The highest BCUT2D eigenvalue weighted by molar-refractivity contribution is 5.85. The zero-order valence-electron chi connectivity index (χ0n) is 9.57. The number of hydrogen-bond donors (Lipinski definition) is 1. The number of amides is 1. The van der Waals surface area contributed by atoms with Gasteiger partial charge in [0, 0.05) is 5.69 Å². The van der Waals surface area contributed by atoms with Gasteiger partial charge in [-0.25, -0.2) is 4.79 Å². The summed E-state index contributed by atoms with van der Waals surface area (Å²) in [6, 6.07) is 8.92. The molecule has 0 radical (unpaired) electrons. The van der Waals surface area contributed by atoms with Gasteiger partial charge in [-0.05, 0) is 19.1 Å². The molecule has 92 valence electrons. The molecule has 1 aliphatic rings. The monoisotopic (exact) mass is 237 g/mol. The first-order valence-corrected chi connectivity index (χ1v) is 5.49. The van der Waals surface area contributed by atoms with Crippen LogP contribution in [0.1, 0.15) is 6.92 Å². The van der Waals surface area contributed by atoms with Crippen molar-refractivity contribution in [1.82, 2.24) is 0 Å². The van der Waals surface area contributed by atoms with Gasteiger partial charge in [0.2, 0.25) is 0 Å². The Hall–Kier alpha value is -1.59. The van der Waals surface area contributed by atoms with Gasteiger partial charge in [-0.3, -0.25) is 4.90 Å². The van der Waals surface area contributed by atoms with Crippen molar-refractivity contribution >= 4 is 11.8 Å². The lowest BCUT2D eigenvalue weighted by atomic mass is 10.3. The highest BCUT2D eigenvalue weighted by atomic mass is 16.7. The van der Waals surface area contributed by atoms with E-state index in [2.05, 4.69) is 0 Å². The van der Waals surface area contributed by atoms with Crippen LogP contribution in [0.3, 0.4) is 0 Å². The summed E-state index contributed by atoms with van der Waals surface area (Å²) < 4.78 is 10.8. The minimum absolute atomic E-state index is 0.0198. The van der Waals surface area contributed by atoms with Crippen molar-refractivity contribution in [1.29, 1.82) is 0 Å². The second-order valence-electron chi connectivity index (χ2n) is 3.94. The molecule has 1 N–H and O–H groups in total. The molecule has 1 amide bonds. The lowest BCUT2D eigenvalue weighted by Gasteiger charge is -2.22. The number of nitrogens with zero attached hydrogens (tertiary/aromatic N) is 1. The SMILES string of the molecule is CC1COC(CN(C(=O)O)c2ccccc2)O1. The number of para-hydroxylation sites is 1. The van der Waals surface area contributed by atoms with E-state index in [4.69, 9.17) is 14.6 Å². The summed E-state index contributed by atoms with van der Waals surface area (Å²) in [5.74, 6) is 0. The van der Waals surface area contributed by atoms with Gasteiger partial charge in [0.05, 0.1) is 19.3 Å². The lowest BCUT2D eigenvalue weighted by Crippen LogP contribution is -2.37. The van der Waals surface area contributed by atoms with Crippen LogP contribution in [-0.4, -0.2) is 36.7 Å². The molecular formula is C12H15NO4. The van der Waals surface area contributed by atoms with Gasteiger partial charge < -0.3 is 14.6 Å². The second-order valence-corrected chi connectivity index (χ2v) is 3.94. The van der Waals surface area contributed by atoms with Crippen LogP contribution in [0.4, 0.5) is 10.5 Å². The normalized spacial score (nSPS) is 23.6. The van der Waals surface area contributed by atoms with E-state index in [1.54, 1.807) is 24.3 Å². The van der Waals surface area contributed by atoms with Crippen LogP contribution >= 0.6 is 0 Å². The minimum atomic E-state index is -1.01. The summed E-state index contributed by atoms with van der Waals surface area (Å²) in [6.07, 6.45) is -1.48. The topological polar surface area (TPSA) is 59.0 Å². The Morgan fingerprint density at radius 3 is 2.71 bits per heavy atom. The van der Waals surface area contributed by atoms with Crippen LogP contribution in [0, 0.1) is 0 Å². The van der Waals surface area contributed by atoms with Crippen molar-refractivity contribution in [3.05, 3.63) is 30.3 Å². The van der Waals surface area contributed by atoms with E-state index in [9.17, 15) is 4.79 Å². The van der Waals surface area contributed by atoms with Gasteiger partial charge in [-0.15, -0.1) is 0 Å². The lowest BCUT2D eigenvalue weighted by molar-refractivity contribution is -0.0468. The van der Waals surface area contributed by atoms with E-state index in [1.807, 2.05) is 13.0 Å². The fourth-order valence-corrected chi connectivity index (χ4v) is 1.73. The summed E-state index contributed by atoms with van der Waals surface area (Å²) in [5.41, 5.74) is 0.617. The van der Waals surface area contributed by atoms with Gasteiger partial charge in [0.25, 0.3) is 0 Å². The average molecular weight is 237 g/mol. The molecule has 1 aromatic rings. The standard InChI is InChI=1S/C12H15NO4/c1-9-8-16-11(17-9)7-13(12(14)15)10-5-3-2-4-6-10/h2-6,9,11H,7-8H2,1H3,(H,14,15). The number of carboxylic acid groups (broad SMARTS) is 1. The van der Waals surface area contributed by atoms with Crippen molar-refractivity contribution in [3.8, 4) is 0 Å². The van der Waals surface area contributed by atoms with Crippen LogP contribution < -0.4 is 4.90 Å². The van der Waals surface area contributed by atoms with Gasteiger partial charge >= 0.3 is 6.09 Å². The fourth-order valence-electron chi connectivity index (χ4n) is 1.73. The van der Waals surface area contributed by atoms with Gasteiger partial charge in [0.15, 0.2) is 6.29 Å². The molecule has 1 aromatic carbocycles. The van der Waals surface area contributed by atoms with Crippen LogP contribution in [0.5, 0.6) is 0 Å². The van der Waals surface area contributed by atoms with Crippen molar-refractivity contribution in [2.75, 3.05) is 18.1 Å². The first kappa shape index (κ1) is 11.9. The van der Waals surface area contributed by atoms with Gasteiger partial charge in [-0.1, -0.05) is 18.2 Å². The molecule has 2 atom stereocenters. The van der Waals surface area contributed by atoms with E-state index in [0.29, 0.717) is 12.3 Å². The van der Waals surface area contributed by atoms with Crippen LogP contribution in [0.2, 0.25) is 0 Å². The highest BCUT2D eigenvalue weighted by Gasteiger charge is 2.27. The summed E-state index contributed by atoms with van der Waals surface area (Å²) >= 11 is 0. The Balaban J connectivity index is 2.06. The number of rotatable bonds is 3. The molecule has 5 nitrogen and oxygen atoms in total. The minimum Gasteiger partial charge on any atom is -0.465 e. The molecular weight excluding hydrogens is 222 g/mol. The summed E-state index contributed by atoms with van der Waals surface area (Å²) in [5, 5.41) is 9.17. The van der Waals surface area contributed by atoms with Gasteiger partial charge in [-0.2, -0.15) is 0 Å². The molecule has 0 aromatic heterocycles. The third-order valence-electron chi connectivity index (χ3n) is 2.53. The van der Waals surface area contributed by atoms with Crippen molar-refractivity contribution < 1.29 is 19.4 Å². The van der Waals surface area contributed by atoms with E-state index in [-0.39, 0.29) is 12.6 Å². The third kappa shape index (κ3) is 2.95. The Morgan fingerprint density at radius 2 is 2.18 bits per heavy atom. The fraction of sp³-hybridized carbons (Fsp3) is 0.417.